The number of nitro benzene ring substituents is 1. The van der Waals surface area contributed by atoms with Crippen molar-refractivity contribution in [1.82, 2.24) is 0 Å². The summed E-state index contributed by atoms with van der Waals surface area (Å²) in [5.41, 5.74) is -0.108. The molecule has 0 saturated carbocycles. The molecule has 0 bridgehead atoms. The van der Waals surface area contributed by atoms with E-state index in [-0.39, 0.29) is 10.7 Å². The Kier molecular flexibility index (Phi) is 3.81. The number of halogens is 1. The lowest BCUT2D eigenvalue weighted by Gasteiger charge is -2.10. The van der Waals surface area contributed by atoms with Gasteiger partial charge >= 0.3 is 0 Å². The highest BCUT2D eigenvalue weighted by Gasteiger charge is 2.17. The average molecular weight is 258 g/mol. The van der Waals surface area contributed by atoms with Gasteiger partial charge in [0, 0.05) is 24.7 Å². The molecule has 0 N–H and O–H groups in total. The second kappa shape index (κ2) is 5.33. The second-order valence-electron chi connectivity index (χ2n) is 3.91. The van der Waals surface area contributed by atoms with Gasteiger partial charge in [-0.05, 0) is 12.5 Å². The van der Waals surface area contributed by atoms with Gasteiger partial charge in [-0.25, -0.2) is 0 Å². The lowest BCUT2D eigenvalue weighted by atomic mass is 10.1. The first-order valence-electron chi connectivity index (χ1n) is 5.31. The number of hydrogen-bond donors (Lipinski definition) is 0. The molecule has 6 heteroatoms. The molecule has 0 radical (unpaired) electrons. The molecular weight excluding hydrogens is 246 g/mol. The molecule has 1 unspecified atom stereocenters. The Balaban J connectivity index is 1.97. The lowest BCUT2D eigenvalue weighted by Crippen LogP contribution is -2.11. The zero-order valence-corrected chi connectivity index (χ0v) is 9.85. The van der Waals surface area contributed by atoms with E-state index in [1.165, 1.54) is 12.1 Å². The SMILES string of the molecule is O=[N+]([O-])c1ccc(OCC2CCOC2)cc1Cl. The van der Waals surface area contributed by atoms with Crippen LogP contribution in [0.25, 0.3) is 0 Å². The van der Waals surface area contributed by atoms with E-state index in [0.717, 1.165) is 13.0 Å². The number of ether oxygens (including phenoxy) is 2. The quantitative estimate of drug-likeness (QED) is 0.615. The van der Waals surface area contributed by atoms with Gasteiger partial charge in [0.25, 0.3) is 5.69 Å². The Morgan fingerprint density at radius 2 is 2.41 bits per heavy atom. The first-order valence-corrected chi connectivity index (χ1v) is 5.69. The van der Waals surface area contributed by atoms with E-state index < -0.39 is 4.92 Å². The van der Waals surface area contributed by atoms with E-state index in [1.807, 2.05) is 0 Å². The van der Waals surface area contributed by atoms with Crippen molar-refractivity contribution in [3.63, 3.8) is 0 Å². The zero-order valence-electron chi connectivity index (χ0n) is 9.10. The minimum absolute atomic E-state index is 0.0928. The summed E-state index contributed by atoms with van der Waals surface area (Å²) >= 11 is 5.77. The molecule has 17 heavy (non-hydrogen) atoms. The smallest absolute Gasteiger partial charge is 0.288 e. The number of rotatable bonds is 4. The van der Waals surface area contributed by atoms with Crippen molar-refractivity contribution in [3.05, 3.63) is 33.3 Å². The first-order chi connectivity index (χ1) is 8.16. The fourth-order valence-electron chi connectivity index (χ4n) is 1.65. The van der Waals surface area contributed by atoms with Crippen molar-refractivity contribution in [1.29, 1.82) is 0 Å². The summed E-state index contributed by atoms with van der Waals surface area (Å²) in [6.45, 7) is 2.03. The van der Waals surface area contributed by atoms with Gasteiger partial charge in [0.05, 0.1) is 18.1 Å². The molecule has 1 aromatic carbocycles. The molecule has 5 nitrogen and oxygen atoms in total. The Morgan fingerprint density at radius 3 is 3.00 bits per heavy atom. The van der Waals surface area contributed by atoms with Crippen LogP contribution in [0.5, 0.6) is 5.75 Å². The monoisotopic (exact) mass is 257 g/mol. The lowest BCUT2D eigenvalue weighted by molar-refractivity contribution is -0.384. The summed E-state index contributed by atoms with van der Waals surface area (Å²) < 4.78 is 10.7. The van der Waals surface area contributed by atoms with Crippen molar-refractivity contribution in [2.24, 2.45) is 5.92 Å². The third-order valence-electron chi connectivity index (χ3n) is 2.63. The standard InChI is InChI=1S/C11H12ClNO4/c12-10-5-9(1-2-11(10)13(14)15)17-7-8-3-4-16-6-8/h1-2,5,8H,3-4,6-7H2. The van der Waals surface area contributed by atoms with E-state index in [1.54, 1.807) is 6.07 Å². The summed E-state index contributed by atoms with van der Waals surface area (Å²) in [6.07, 6.45) is 0.987. The maximum absolute atomic E-state index is 10.6. The fraction of sp³-hybridized carbons (Fsp3) is 0.455. The maximum atomic E-state index is 10.6. The van der Waals surface area contributed by atoms with Crippen LogP contribution in [-0.4, -0.2) is 24.7 Å². The van der Waals surface area contributed by atoms with Gasteiger partial charge in [-0.15, -0.1) is 0 Å². The van der Waals surface area contributed by atoms with Gasteiger partial charge < -0.3 is 9.47 Å². The van der Waals surface area contributed by atoms with Crippen molar-refractivity contribution in [2.75, 3.05) is 19.8 Å². The normalized spacial score (nSPS) is 19.2. The maximum Gasteiger partial charge on any atom is 0.288 e. The minimum atomic E-state index is -0.517. The fourth-order valence-corrected chi connectivity index (χ4v) is 1.89. The Labute approximate surface area is 103 Å². The third kappa shape index (κ3) is 3.08. The van der Waals surface area contributed by atoms with Crippen molar-refractivity contribution in [3.8, 4) is 5.75 Å². The molecule has 1 aliphatic heterocycles. The number of benzene rings is 1. The van der Waals surface area contributed by atoms with Crippen LogP contribution in [0.3, 0.4) is 0 Å². The van der Waals surface area contributed by atoms with Crippen LogP contribution in [0.15, 0.2) is 18.2 Å². The van der Waals surface area contributed by atoms with Crippen LogP contribution < -0.4 is 4.74 Å². The first kappa shape index (κ1) is 12.1. The number of nitrogens with zero attached hydrogens (tertiary/aromatic N) is 1. The largest absolute Gasteiger partial charge is 0.493 e. The summed E-state index contributed by atoms with van der Waals surface area (Å²) in [4.78, 5) is 10.0. The average Bonchev–Trinajstić information content (AvgIpc) is 2.78. The van der Waals surface area contributed by atoms with Gasteiger partial charge in [-0.3, -0.25) is 10.1 Å². The second-order valence-corrected chi connectivity index (χ2v) is 4.32. The van der Waals surface area contributed by atoms with Gasteiger partial charge in [-0.1, -0.05) is 11.6 Å². The van der Waals surface area contributed by atoms with Crippen LogP contribution in [0.1, 0.15) is 6.42 Å². The minimum Gasteiger partial charge on any atom is -0.493 e. The Bertz CT molecular complexity index is 418. The van der Waals surface area contributed by atoms with E-state index in [0.29, 0.717) is 24.9 Å². The van der Waals surface area contributed by atoms with Crippen molar-refractivity contribution < 1.29 is 14.4 Å². The van der Waals surface area contributed by atoms with Gasteiger partial charge in [0.1, 0.15) is 10.8 Å². The summed E-state index contributed by atoms with van der Waals surface area (Å²) in [7, 11) is 0. The van der Waals surface area contributed by atoms with E-state index in [2.05, 4.69) is 0 Å². The molecule has 1 atom stereocenters. The highest BCUT2D eigenvalue weighted by molar-refractivity contribution is 6.32. The van der Waals surface area contributed by atoms with E-state index >= 15 is 0 Å². The highest BCUT2D eigenvalue weighted by atomic mass is 35.5. The zero-order chi connectivity index (χ0) is 12.3. The summed E-state index contributed by atoms with van der Waals surface area (Å²) in [5, 5.41) is 10.7. The van der Waals surface area contributed by atoms with E-state index in [9.17, 15) is 10.1 Å². The third-order valence-corrected chi connectivity index (χ3v) is 2.93. The highest BCUT2D eigenvalue weighted by Crippen LogP contribution is 2.28. The molecule has 2 rings (SSSR count). The molecular formula is C11H12ClNO4. The number of hydrogen-bond acceptors (Lipinski definition) is 4. The molecule has 0 aromatic heterocycles. The predicted octanol–water partition coefficient (Wildman–Crippen LogP) is 2.66. The molecule has 0 spiro atoms. The predicted molar refractivity (Wildman–Crippen MR) is 62.5 cm³/mol. The Hall–Kier alpha value is -1.33. The van der Waals surface area contributed by atoms with E-state index in [4.69, 9.17) is 21.1 Å². The van der Waals surface area contributed by atoms with Gasteiger partial charge in [0.15, 0.2) is 0 Å². The van der Waals surface area contributed by atoms with Crippen LogP contribution in [0.2, 0.25) is 5.02 Å². The summed E-state index contributed by atoms with van der Waals surface area (Å²) in [6, 6.07) is 4.37. The molecule has 1 fully saturated rings. The molecule has 1 heterocycles. The molecule has 1 aliphatic rings. The molecule has 1 aromatic rings. The van der Waals surface area contributed by atoms with Gasteiger partial charge in [0.2, 0.25) is 0 Å². The summed E-state index contributed by atoms with van der Waals surface area (Å²) in [5.74, 6) is 0.941. The van der Waals surface area contributed by atoms with Crippen LogP contribution in [0, 0.1) is 16.0 Å². The number of nitro groups is 1. The molecule has 92 valence electrons. The molecule has 1 saturated heterocycles. The Morgan fingerprint density at radius 1 is 1.59 bits per heavy atom. The van der Waals surface area contributed by atoms with Crippen LogP contribution in [0.4, 0.5) is 5.69 Å². The van der Waals surface area contributed by atoms with Gasteiger partial charge in [-0.2, -0.15) is 0 Å². The molecule has 0 amide bonds. The van der Waals surface area contributed by atoms with Crippen LogP contribution in [-0.2, 0) is 4.74 Å². The van der Waals surface area contributed by atoms with Crippen molar-refractivity contribution in [2.45, 2.75) is 6.42 Å². The van der Waals surface area contributed by atoms with Crippen LogP contribution >= 0.6 is 11.6 Å². The molecule has 0 aliphatic carbocycles. The topological polar surface area (TPSA) is 61.6 Å². The van der Waals surface area contributed by atoms with Crippen molar-refractivity contribution >= 4 is 17.3 Å².